The molecule has 3 nitrogen and oxygen atoms in total. The van der Waals surface area contributed by atoms with Gasteiger partial charge in [-0.1, -0.05) is 38.1 Å². The highest BCUT2D eigenvalue weighted by Gasteiger charge is 2.15. The van der Waals surface area contributed by atoms with E-state index < -0.39 is 11.9 Å². The van der Waals surface area contributed by atoms with E-state index in [9.17, 15) is 4.79 Å². The van der Waals surface area contributed by atoms with E-state index >= 15 is 0 Å². The average molecular weight is 221 g/mol. The van der Waals surface area contributed by atoms with Gasteiger partial charge in [0, 0.05) is 6.54 Å². The van der Waals surface area contributed by atoms with Gasteiger partial charge >= 0.3 is 5.97 Å². The van der Waals surface area contributed by atoms with Crippen LogP contribution >= 0.6 is 0 Å². The largest absolute Gasteiger partial charge is 0.481 e. The summed E-state index contributed by atoms with van der Waals surface area (Å²) in [4.78, 5) is 10.8. The maximum absolute atomic E-state index is 10.8. The molecule has 1 rings (SSSR count). The van der Waals surface area contributed by atoms with E-state index in [-0.39, 0.29) is 6.54 Å². The molecule has 1 aromatic rings. The molecule has 1 unspecified atom stereocenters. The number of hydrogen-bond donors (Lipinski definition) is 2. The van der Waals surface area contributed by atoms with Crippen molar-refractivity contribution in [1.82, 2.24) is 0 Å². The summed E-state index contributed by atoms with van der Waals surface area (Å²) in [6.07, 6.45) is 0.504. The van der Waals surface area contributed by atoms with Gasteiger partial charge in [0.2, 0.25) is 0 Å². The van der Waals surface area contributed by atoms with Gasteiger partial charge in [-0.25, -0.2) is 0 Å². The molecule has 0 aliphatic heterocycles. The second kappa shape index (κ2) is 5.66. The van der Waals surface area contributed by atoms with Gasteiger partial charge in [-0.05, 0) is 23.5 Å². The van der Waals surface area contributed by atoms with Crippen molar-refractivity contribution in [3.8, 4) is 0 Å². The normalized spacial score (nSPS) is 12.8. The number of aliphatic carboxylic acids is 1. The summed E-state index contributed by atoms with van der Waals surface area (Å²) in [6, 6.07) is 8.08. The Bertz CT molecular complexity index is 343. The second-order valence-corrected chi connectivity index (χ2v) is 4.37. The third-order valence-corrected chi connectivity index (χ3v) is 2.76. The molecular weight excluding hydrogens is 202 g/mol. The molecule has 0 aromatic heterocycles. The number of rotatable bonds is 5. The smallest absolute Gasteiger partial charge is 0.308 e. The van der Waals surface area contributed by atoms with E-state index in [0.29, 0.717) is 12.3 Å². The zero-order valence-corrected chi connectivity index (χ0v) is 9.81. The first-order valence-corrected chi connectivity index (χ1v) is 5.56. The molecule has 0 saturated carbocycles. The van der Waals surface area contributed by atoms with Gasteiger partial charge in [0.05, 0.1) is 5.92 Å². The van der Waals surface area contributed by atoms with Crippen molar-refractivity contribution in [3.63, 3.8) is 0 Å². The van der Waals surface area contributed by atoms with Crippen LogP contribution in [0.4, 0.5) is 0 Å². The standard InChI is InChI=1S/C13H19NO2/c1-9(2)11-5-3-10(4-6-11)7-12(8-14)13(15)16/h3-6,9,12H,7-8,14H2,1-2H3,(H,15,16). The van der Waals surface area contributed by atoms with Crippen LogP contribution < -0.4 is 5.73 Å². The van der Waals surface area contributed by atoms with Crippen molar-refractivity contribution < 1.29 is 9.90 Å². The quantitative estimate of drug-likeness (QED) is 0.799. The molecule has 0 amide bonds. The zero-order chi connectivity index (χ0) is 12.1. The lowest BCUT2D eigenvalue weighted by molar-refractivity contribution is -0.141. The number of carboxylic acids is 1. The van der Waals surface area contributed by atoms with Gasteiger partial charge in [0.1, 0.15) is 0 Å². The predicted octanol–water partition coefficient (Wildman–Crippen LogP) is 2.01. The molecular formula is C13H19NO2. The minimum absolute atomic E-state index is 0.182. The van der Waals surface area contributed by atoms with Gasteiger partial charge < -0.3 is 10.8 Å². The Morgan fingerprint density at radius 2 is 1.88 bits per heavy atom. The van der Waals surface area contributed by atoms with E-state index in [1.54, 1.807) is 0 Å². The van der Waals surface area contributed by atoms with Crippen molar-refractivity contribution in [3.05, 3.63) is 35.4 Å². The molecule has 0 fully saturated rings. The second-order valence-electron chi connectivity index (χ2n) is 4.37. The lowest BCUT2D eigenvalue weighted by atomic mass is 9.96. The summed E-state index contributed by atoms with van der Waals surface area (Å²) in [5.41, 5.74) is 7.72. The number of carboxylic acid groups (broad SMARTS) is 1. The Morgan fingerprint density at radius 1 is 1.31 bits per heavy atom. The van der Waals surface area contributed by atoms with E-state index in [1.165, 1.54) is 5.56 Å². The fraction of sp³-hybridized carbons (Fsp3) is 0.462. The Labute approximate surface area is 96.3 Å². The lowest BCUT2D eigenvalue weighted by Gasteiger charge is -2.11. The predicted molar refractivity (Wildman–Crippen MR) is 64.4 cm³/mol. The van der Waals surface area contributed by atoms with E-state index in [1.807, 2.05) is 12.1 Å². The third-order valence-electron chi connectivity index (χ3n) is 2.76. The van der Waals surface area contributed by atoms with Gasteiger partial charge in [0.15, 0.2) is 0 Å². The molecule has 0 aliphatic carbocycles. The first-order valence-electron chi connectivity index (χ1n) is 5.56. The first kappa shape index (κ1) is 12.7. The van der Waals surface area contributed by atoms with E-state index in [2.05, 4.69) is 26.0 Å². The molecule has 0 radical (unpaired) electrons. The summed E-state index contributed by atoms with van der Waals surface area (Å²) in [5, 5.41) is 8.90. The van der Waals surface area contributed by atoms with Crippen LogP contribution in [0.1, 0.15) is 30.9 Å². The molecule has 0 aliphatic rings. The van der Waals surface area contributed by atoms with E-state index in [0.717, 1.165) is 5.56 Å². The number of hydrogen-bond acceptors (Lipinski definition) is 2. The molecule has 3 heteroatoms. The highest BCUT2D eigenvalue weighted by Crippen LogP contribution is 2.16. The maximum atomic E-state index is 10.8. The Hall–Kier alpha value is -1.35. The number of benzene rings is 1. The highest BCUT2D eigenvalue weighted by atomic mass is 16.4. The molecule has 3 N–H and O–H groups in total. The van der Waals surface area contributed by atoms with Crippen LogP contribution in [0.15, 0.2) is 24.3 Å². The molecule has 0 spiro atoms. The van der Waals surface area contributed by atoms with Gasteiger partial charge in [0.25, 0.3) is 0 Å². The maximum Gasteiger partial charge on any atom is 0.308 e. The lowest BCUT2D eigenvalue weighted by Crippen LogP contribution is -2.25. The fourth-order valence-electron chi connectivity index (χ4n) is 1.59. The van der Waals surface area contributed by atoms with Crippen LogP contribution in [0.5, 0.6) is 0 Å². The van der Waals surface area contributed by atoms with Crippen molar-refractivity contribution in [2.75, 3.05) is 6.54 Å². The molecule has 1 atom stereocenters. The summed E-state index contributed by atoms with van der Waals surface area (Å²) in [6.45, 7) is 4.45. The topological polar surface area (TPSA) is 63.3 Å². The SMILES string of the molecule is CC(C)c1ccc(CC(CN)C(=O)O)cc1. The number of nitrogens with two attached hydrogens (primary N) is 1. The minimum atomic E-state index is -0.824. The van der Waals surface area contributed by atoms with Crippen molar-refractivity contribution >= 4 is 5.97 Å². The summed E-state index contributed by atoms with van der Waals surface area (Å²) in [5.74, 6) is -0.806. The summed E-state index contributed by atoms with van der Waals surface area (Å²) >= 11 is 0. The third kappa shape index (κ3) is 3.35. The van der Waals surface area contributed by atoms with Crippen LogP contribution in [0.2, 0.25) is 0 Å². The van der Waals surface area contributed by atoms with Crippen LogP contribution in [-0.2, 0) is 11.2 Å². The van der Waals surface area contributed by atoms with Crippen molar-refractivity contribution in [2.45, 2.75) is 26.2 Å². The van der Waals surface area contributed by atoms with Gasteiger partial charge in [-0.2, -0.15) is 0 Å². The Kier molecular flexibility index (Phi) is 4.50. The molecule has 1 aromatic carbocycles. The molecule has 88 valence electrons. The van der Waals surface area contributed by atoms with Crippen molar-refractivity contribution in [1.29, 1.82) is 0 Å². The minimum Gasteiger partial charge on any atom is -0.481 e. The van der Waals surface area contributed by atoms with Gasteiger partial charge in [-0.15, -0.1) is 0 Å². The monoisotopic (exact) mass is 221 g/mol. The first-order chi connectivity index (χ1) is 7.54. The molecule has 0 bridgehead atoms. The summed E-state index contributed by atoms with van der Waals surface area (Å²) < 4.78 is 0. The zero-order valence-electron chi connectivity index (χ0n) is 9.81. The Morgan fingerprint density at radius 3 is 2.25 bits per heavy atom. The molecule has 16 heavy (non-hydrogen) atoms. The van der Waals surface area contributed by atoms with Gasteiger partial charge in [-0.3, -0.25) is 4.79 Å². The Balaban J connectivity index is 2.71. The van der Waals surface area contributed by atoms with Crippen LogP contribution in [0.3, 0.4) is 0 Å². The fourth-order valence-corrected chi connectivity index (χ4v) is 1.59. The number of carbonyl (C=O) groups is 1. The molecule has 0 saturated heterocycles. The van der Waals surface area contributed by atoms with Crippen molar-refractivity contribution in [2.24, 2.45) is 11.7 Å². The van der Waals surface area contributed by atoms with Crippen LogP contribution in [0.25, 0.3) is 0 Å². The molecule has 0 heterocycles. The van der Waals surface area contributed by atoms with E-state index in [4.69, 9.17) is 10.8 Å². The highest BCUT2D eigenvalue weighted by molar-refractivity contribution is 5.70. The van der Waals surface area contributed by atoms with Crippen LogP contribution in [0, 0.1) is 5.92 Å². The summed E-state index contributed by atoms with van der Waals surface area (Å²) in [7, 11) is 0. The van der Waals surface area contributed by atoms with Crippen LogP contribution in [-0.4, -0.2) is 17.6 Å². The average Bonchev–Trinajstić information content (AvgIpc) is 2.26.